The third kappa shape index (κ3) is 17.6. The van der Waals surface area contributed by atoms with Crippen molar-refractivity contribution in [1.82, 2.24) is 10.2 Å². The van der Waals surface area contributed by atoms with Crippen molar-refractivity contribution >= 4 is 17.8 Å². The van der Waals surface area contributed by atoms with E-state index in [1.807, 2.05) is 6.08 Å². The highest BCUT2D eigenvalue weighted by Gasteiger charge is 2.26. The summed E-state index contributed by atoms with van der Waals surface area (Å²) in [7, 11) is 1.26. The average molecular weight is 509 g/mol. The van der Waals surface area contributed by atoms with Gasteiger partial charge in [-0.15, -0.1) is 0 Å². The summed E-state index contributed by atoms with van der Waals surface area (Å²) >= 11 is 0. The second-order valence-corrected chi connectivity index (χ2v) is 8.64. The SMILES string of the molecule is CCC=CCC=CCC=CCC=CCC=CCC=CCCC(=O)N1CCC(NC(=O)C=CC(=O)OC)C1. The van der Waals surface area contributed by atoms with Gasteiger partial charge < -0.3 is 15.0 Å². The highest BCUT2D eigenvalue weighted by molar-refractivity contribution is 5.94. The summed E-state index contributed by atoms with van der Waals surface area (Å²) in [6, 6.07) is -0.0929. The number of carbonyl (C=O) groups excluding carboxylic acids is 3. The summed E-state index contributed by atoms with van der Waals surface area (Å²) in [5.41, 5.74) is 0. The number of hydrogen-bond donors (Lipinski definition) is 1. The van der Waals surface area contributed by atoms with E-state index in [2.05, 4.69) is 83.8 Å². The van der Waals surface area contributed by atoms with Crippen molar-refractivity contribution < 1.29 is 19.1 Å². The largest absolute Gasteiger partial charge is 0.466 e. The Kier molecular flexibility index (Phi) is 18.7. The highest BCUT2D eigenvalue weighted by atomic mass is 16.5. The van der Waals surface area contributed by atoms with Crippen LogP contribution in [0.4, 0.5) is 0 Å². The molecule has 6 nitrogen and oxygen atoms in total. The van der Waals surface area contributed by atoms with Crippen LogP contribution in [0.25, 0.3) is 0 Å². The second kappa shape index (κ2) is 21.8. The van der Waals surface area contributed by atoms with Crippen LogP contribution in [0.1, 0.15) is 64.7 Å². The lowest BCUT2D eigenvalue weighted by Gasteiger charge is -2.16. The van der Waals surface area contributed by atoms with Crippen LogP contribution in [0, 0.1) is 0 Å². The predicted molar refractivity (Wildman–Crippen MR) is 152 cm³/mol. The Balaban J connectivity index is 2.08. The zero-order valence-electron chi connectivity index (χ0n) is 22.5. The van der Waals surface area contributed by atoms with E-state index < -0.39 is 5.97 Å². The first-order valence-corrected chi connectivity index (χ1v) is 13.3. The van der Waals surface area contributed by atoms with Crippen LogP contribution in [0.15, 0.2) is 85.1 Å². The number of hydrogen-bond acceptors (Lipinski definition) is 4. The molecule has 0 radical (unpaired) electrons. The zero-order chi connectivity index (χ0) is 27.0. The smallest absolute Gasteiger partial charge is 0.330 e. The molecule has 6 heteroatoms. The first kappa shape index (κ1) is 31.6. The van der Waals surface area contributed by atoms with Crippen molar-refractivity contribution in [3.63, 3.8) is 0 Å². The number of allylic oxidation sites excluding steroid dienone is 12. The molecule has 0 aliphatic carbocycles. The van der Waals surface area contributed by atoms with E-state index in [4.69, 9.17) is 0 Å². The Morgan fingerprint density at radius 1 is 0.784 bits per heavy atom. The van der Waals surface area contributed by atoms with Gasteiger partial charge in [0.1, 0.15) is 0 Å². The van der Waals surface area contributed by atoms with E-state index in [9.17, 15) is 14.4 Å². The van der Waals surface area contributed by atoms with Gasteiger partial charge in [0.25, 0.3) is 0 Å². The topological polar surface area (TPSA) is 75.7 Å². The number of esters is 1. The minimum atomic E-state index is -0.576. The molecule has 1 atom stereocenters. The molecule has 0 bridgehead atoms. The number of methoxy groups -OCH3 is 1. The molecule has 1 unspecified atom stereocenters. The van der Waals surface area contributed by atoms with E-state index in [0.29, 0.717) is 32.4 Å². The predicted octanol–water partition coefficient (Wildman–Crippen LogP) is 5.91. The summed E-state index contributed by atoms with van der Waals surface area (Å²) < 4.78 is 4.46. The van der Waals surface area contributed by atoms with Crippen LogP contribution in [0.3, 0.4) is 0 Å². The number of rotatable bonds is 17. The van der Waals surface area contributed by atoms with Crippen molar-refractivity contribution in [2.45, 2.75) is 70.8 Å². The molecule has 0 aromatic carbocycles. The number of ether oxygens (including phenoxy) is 1. The van der Waals surface area contributed by atoms with Gasteiger partial charge in [-0.25, -0.2) is 4.79 Å². The molecular weight excluding hydrogens is 464 g/mol. The Morgan fingerprint density at radius 3 is 1.81 bits per heavy atom. The lowest BCUT2D eigenvalue weighted by molar-refractivity contribution is -0.135. The molecule has 2 amide bonds. The minimum absolute atomic E-state index is 0.0929. The molecule has 0 spiro atoms. The normalized spacial score (nSPS) is 16.7. The first-order chi connectivity index (χ1) is 18.1. The molecular formula is C31H44N2O4. The molecule has 0 saturated carbocycles. The van der Waals surface area contributed by atoms with Gasteiger partial charge in [-0.3, -0.25) is 9.59 Å². The fraction of sp³-hybridized carbons (Fsp3) is 0.452. The van der Waals surface area contributed by atoms with E-state index in [1.54, 1.807) is 4.90 Å². The van der Waals surface area contributed by atoms with Gasteiger partial charge in [0.05, 0.1) is 7.11 Å². The van der Waals surface area contributed by atoms with Crippen molar-refractivity contribution in [3.05, 3.63) is 85.1 Å². The third-order valence-corrected chi connectivity index (χ3v) is 5.58. The molecule has 202 valence electrons. The molecule has 0 aromatic rings. The van der Waals surface area contributed by atoms with Gasteiger partial charge in [-0.2, -0.15) is 0 Å². The van der Waals surface area contributed by atoms with E-state index in [-0.39, 0.29) is 17.9 Å². The monoisotopic (exact) mass is 508 g/mol. The van der Waals surface area contributed by atoms with Gasteiger partial charge in [-0.05, 0) is 51.4 Å². The molecule has 37 heavy (non-hydrogen) atoms. The van der Waals surface area contributed by atoms with Crippen LogP contribution >= 0.6 is 0 Å². The van der Waals surface area contributed by atoms with E-state index in [1.165, 1.54) is 7.11 Å². The summed E-state index contributed by atoms with van der Waals surface area (Å²) in [5, 5.41) is 2.81. The number of nitrogens with zero attached hydrogens (tertiary/aromatic N) is 1. The molecule has 1 fully saturated rings. The van der Waals surface area contributed by atoms with Gasteiger partial charge >= 0.3 is 5.97 Å². The maximum absolute atomic E-state index is 12.4. The standard InChI is InChI=1S/C31H44N2O4/c1-3-4-5-6-7-8-9-10-11-12-13-14-15-16-17-18-19-20-21-22-30(35)33-26-25-28(27-33)32-29(34)23-24-31(36)37-2/h4-5,7-8,10-11,13-14,16-17,19-20,23-24,28H,3,6,9,12,15,18,21-22,25-27H2,1-2H3,(H,32,34). The fourth-order valence-electron chi connectivity index (χ4n) is 3.57. The van der Waals surface area contributed by atoms with Crippen molar-refractivity contribution in [1.29, 1.82) is 0 Å². The molecule has 1 N–H and O–H groups in total. The van der Waals surface area contributed by atoms with Gasteiger partial charge in [0.15, 0.2) is 0 Å². The minimum Gasteiger partial charge on any atom is -0.466 e. The second-order valence-electron chi connectivity index (χ2n) is 8.64. The van der Waals surface area contributed by atoms with Crippen molar-refractivity contribution in [2.24, 2.45) is 0 Å². The Morgan fingerprint density at radius 2 is 1.30 bits per heavy atom. The quantitative estimate of drug-likeness (QED) is 0.151. The summed E-state index contributed by atoms with van der Waals surface area (Å²) in [6.45, 7) is 3.28. The molecule has 1 saturated heterocycles. The van der Waals surface area contributed by atoms with Gasteiger partial charge in [-0.1, -0.05) is 79.8 Å². The number of nitrogens with one attached hydrogen (secondary N) is 1. The van der Waals surface area contributed by atoms with Crippen LogP contribution in [0.2, 0.25) is 0 Å². The van der Waals surface area contributed by atoms with Crippen molar-refractivity contribution in [3.8, 4) is 0 Å². The van der Waals surface area contributed by atoms with E-state index >= 15 is 0 Å². The number of likely N-dealkylation sites (tertiary alicyclic amines) is 1. The molecule has 1 aliphatic heterocycles. The molecule has 1 rings (SSSR count). The zero-order valence-corrected chi connectivity index (χ0v) is 22.5. The summed E-state index contributed by atoms with van der Waals surface area (Å²) in [5.74, 6) is -0.836. The molecule has 1 heterocycles. The van der Waals surface area contributed by atoms with Crippen LogP contribution in [-0.2, 0) is 19.1 Å². The lowest BCUT2D eigenvalue weighted by Crippen LogP contribution is -2.37. The highest BCUT2D eigenvalue weighted by Crippen LogP contribution is 2.12. The van der Waals surface area contributed by atoms with Crippen molar-refractivity contribution in [2.75, 3.05) is 20.2 Å². The first-order valence-electron chi connectivity index (χ1n) is 13.3. The Hall–Kier alpha value is -3.41. The molecule has 1 aliphatic rings. The fourth-order valence-corrected chi connectivity index (χ4v) is 3.57. The third-order valence-electron chi connectivity index (χ3n) is 5.58. The van der Waals surface area contributed by atoms with Gasteiger partial charge in [0, 0.05) is 37.7 Å². The Bertz CT molecular complexity index is 878. The molecule has 0 aromatic heterocycles. The average Bonchev–Trinajstić information content (AvgIpc) is 3.37. The Labute approximate surface area is 223 Å². The number of carbonyl (C=O) groups is 3. The van der Waals surface area contributed by atoms with Crippen LogP contribution in [-0.4, -0.2) is 48.9 Å². The summed E-state index contributed by atoms with van der Waals surface area (Å²) in [4.78, 5) is 37.0. The van der Waals surface area contributed by atoms with Crippen LogP contribution in [0.5, 0.6) is 0 Å². The summed E-state index contributed by atoms with van der Waals surface area (Å²) in [6.07, 6.45) is 35.9. The van der Waals surface area contributed by atoms with Gasteiger partial charge in [0.2, 0.25) is 11.8 Å². The van der Waals surface area contributed by atoms with Crippen LogP contribution < -0.4 is 5.32 Å². The maximum Gasteiger partial charge on any atom is 0.330 e. The number of amides is 2. The van der Waals surface area contributed by atoms with E-state index in [0.717, 1.165) is 50.7 Å². The lowest BCUT2D eigenvalue weighted by atomic mass is 10.2. The maximum atomic E-state index is 12.4.